The molecule has 1 amide bonds. The number of ether oxygens (including phenoxy) is 1. The maximum Gasteiger partial charge on any atom is 0.261 e. The molecular formula is C16H23ClN2O2. The zero-order valence-corrected chi connectivity index (χ0v) is 13.2. The largest absolute Gasteiger partial charge is 0.479 e. The summed E-state index contributed by atoms with van der Waals surface area (Å²) in [6.07, 6.45) is 2.33. The van der Waals surface area contributed by atoms with Gasteiger partial charge in [0.05, 0.1) is 5.02 Å². The number of amides is 1. The van der Waals surface area contributed by atoms with Crippen LogP contribution in [0.4, 0.5) is 0 Å². The molecule has 21 heavy (non-hydrogen) atoms. The molecule has 2 atom stereocenters. The summed E-state index contributed by atoms with van der Waals surface area (Å²) in [6.45, 7) is 4.78. The van der Waals surface area contributed by atoms with Crippen molar-refractivity contribution in [3.63, 3.8) is 0 Å². The van der Waals surface area contributed by atoms with Crippen LogP contribution in [0, 0.1) is 5.92 Å². The van der Waals surface area contributed by atoms with Gasteiger partial charge < -0.3 is 15.4 Å². The van der Waals surface area contributed by atoms with E-state index in [0.29, 0.717) is 29.7 Å². The minimum atomic E-state index is -0.494. The van der Waals surface area contributed by atoms with Crippen LogP contribution in [0.25, 0.3) is 0 Å². The molecule has 116 valence electrons. The summed E-state index contributed by atoms with van der Waals surface area (Å²) in [6, 6.07) is 7.22. The van der Waals surface area contributed by atoms with Crippen molar-refractivity contribution in [2.75, 3.05) is 19.6 Å². The highest BCUT2D eigenvalue weighted by Crippen LogP contribution is 2.24. The predicted molar refractivity (Wildman–Crippen MR) is 84.8 cm³/mol. The molecule has 2 unspecified atom stereocenters. The van der Waals surface area contributed by atoms with Crippen LogP contribution in [0.3, 0.4) is 0 Å². The lowest BCUT2D eigenvalue weighted by Gasteiger charge is -2.18. The molecule has 1 heterocycles. The second-order valence-electron chi connectivity index (χ2n) is 5.38. The Morgan fingerprint density at radius 2 is 2.33 bits per heavy atom. The minimum absolute atomic E-state index is 0.0663. The number of hydrogen-bond donors (Lipinski definition) is 2. The molecule has 1 saturated heterocycles. The van der Waals surface area contributed by atoms with E-state index in [2.05, 4.69) is 10.6 Å². The number of halogens is 1. The highest BCUT2D eigenvalue weighted by molar-refractivity contribution is 6.32. The molecule has 0 spiro atoms. The molecule has 0 aliphatic carbocycles. The van der Waals surface area contributed by atoms with Gasteiger partial charge in [-0.3, -0.25) is 4.79 Å². The molecule has 0 saturated carbocycles. The third-order valence-corrected chi connectivity index (χ3v) is 4.10. The first-order valence-corrected chi connectivity index (χ1v) is 7.98. The number of benzene rings is 1. The van der Waals surface area contributed by atoms with Gasteiger partial charge in [-0.25, -0.2) is 0 Å². The van der Waals surface area contributed by atoms with E-state index in [9.17, 15) is 4.79 Å². The van der Waals surface area contributed by atoms with Crippen molar-refractivity contribution in [1.82, 2.24) is 10.6 Å². The SMILES string of the molecule is CCC(Oc1ccccc1Cl)C(=O)NCCC1CCNC1. The molecule has 1 aromatic carbocycles. The van der Waals surface area contributed by atoms with Crippen LogP contribution < -0.4 is 15.4 Å². The lowest BCUT2D eigenvalue weighted by atomic mass is 10.1. The fraction of sp³-hybridized carbons (Fsp3) is 0.562. The Labute approximate surface area is 131 Å². The van der Waals surface area contributed by atoms with Gasteiger partial charge in [-0.2, -0.15) is 0 Å². The molecule has 1 aliphatic rings. The van der Waals surface area contributed by atoms with Crippen LogP contribution in [0.2, 0.25) is 5.02 Å². The molecule has 1 aromatic rings. The van der Waals surface area contributed by atoms with Gasteiger partial charge in [-0.15, -0.1) is 0 Å². The number of rotatable bonds is 7. The summed E-state index contributed by atoms with van der Waals surface area (Å²) in [5.41, 5.74) is 0. The molecule has 2 N–H and O–H groups in total. The lowest BCUT2D eigenvalue weighted by Crippen LogP contribution is -2.39. The molecule has 0 bridgehead atoms. The third-order valence-electron chi connectivity index (χ3n) is 3.78. The van der Waals surface area contributed by atoms with Gasteiger partial charge in [0.2, 0.25) is 0 Å². The second-order valence-corrected chi connectivity index (χ2v) is 5.79. The van der Waals surface area contributed by atoms with Crippen molar-refractivity contribution < 1.29 is 9.53 Å². The number of carbonyl (C=O) groups is 1. The van der Waals surface area contributed by atoms with E-state index in [1.165, 1.54) is 6.42 Å². The van der Waals surface area contributed by atoms with E-state index in [1.807, 2.05) is 19.1 Å². The third kappa shape index (κ3) is 4.90. The highest BCUT2D eigenvalue weighted by Gasteiger charge is 2.20. The molecule has 2 rings (SSSR count). The summed E-state index contributed by atoms with van der Waals surface area (Å²) < 4.78 is 5.72. The average molecular weight is 311 g/mol. The first-order valence-electron chi connectivity index (χ1n) is 7.60. The Morgan fingerprint density at radius 1 is 1.52 bits per heavy atom. The van der Waals surface area contributed by atoms with Crippen molar-refractivity contribution in [3.05, 3.63) is 29.3 Å². The Morgan fingerprint density at radius 3 is 3.00 bits per heavy atom. The highest BCUT2D eigenvalue weighted by atomic mass is 35.5. The Kier molecular flexibility index (Phi) is 6.33. The summed E-state index contributed by atoms with van der Waals surface area (Å²) in [5.74, 6) is 1.17. The summed E-state index contributed by atoms with van der Waals surface area (Å²) in [7, 11) is 0. The van der Waals surface area contributed by atoms with Gasteiger partial charge >= 0.3 is 0 Å². The second kappa shape index (κ2) is 8.25. The quantitative estimate of drug-likeness (QED) is 0.814. The van der Waals surface area contributed by atoms with E-state index >= 15 is 0 Å². The van der Waals surface area contributed by atoms with Crippen molar-refractivity contribution in [2.45, 2.75) is 32.3 Å². The van der Waals surface area contributed by atoms with E-state index in [-0.39, 0.29) is 5.91 Å². The van der Waals surface area contributed by atoms with Crippen LogP contribution in [0.15, 0.2) is 24.3 Å². The smallest absolute Gasteiger partial charge is 0.261 e. The van der Waals surface area contributed by atoms with E-state index < -0.39 is 6.10 Å². The fourth-order valence-corrected chi connectivity index (χ4v) is 2.67. The van der Waals surface area contributed by atoms with E-state index in [1.54, 1.807) is 12.1 Å². The Balaban J connectivity index is 1.79. The van der Waals surface area contributed by atoms with Gasteiger partial charge in [-0.05, 0) is 50.4 Å². The topological polar surface area (TPSA) is 50.4 Å². The Hall–Kier alpha value is -1.26. The number of para-hydroxylation sites is 1. The summed E-state index contributed by atoms with van der Waals surface area (Å²) >= 11 is 6.06. The molecule has 0 aromatic heterocycles. The normalized spacial score (nSPS) is 19.2. The molecule has 5 heteroatoms. The van der Waals surface area contributed by atoms with Gasteiger partial charge in [0.15, 0.2) is 6.10 Å². The minimum Gasteiger partial charge on any atom is -0.479 e. The fourth-order valence-electron chi connectivity index (χ4n) is 2.49. The summed E-state index contributed by atoms with van der Waals surface area (Å²) in [4.78, 5) is 12.2. The van der Waals surface area contributed by atoms with E-state index in [0.717, 1.165) is 19.5 Å². The van der Waals surface area contributed by atoms with Gasteiger partial charge in [0.25, 0.3) is 5.91 Å². The predicted octanol–water partition coefficient (Wildman–Crippen LogP) is 2.61. The average Bonchev–Trinajstić information content (AvgIpc) is 2.99. The first-order chi connectivity index (χ1) is 10.2. The molecule has 4 nitrogen and oxygen atoms in total. The number of carbonyl (C=O) groups excluding carboxylic acids is 1. The van der Waals surface area contributed by atoms with Crippen molar-refractivity contribution >= 4 is 17.5 Å². The molecule has 1 aliphatic heterocycles. The monoisotopic (exact) mass is 310 g/mol. The van der Waals surface area contributed by atoms with Crippen LogP contribution in [-0.4, -0.2) is 31.6 Å². The van der Waals surface area contributed by atoms with Crippen LogP contribution in [0.5, 0.6) is 5.75 Å². The molecule has 1 fully saturated rings. The Bertz CT molecular complexity index is 461. The number of nitrogens with one attached hydrogen (secondary N) is 2. The van der Waals surface area contributed by atoms with E-state index in [4.69, 9.17) is 16.3 Å². The van der Waals surface area contributed by atoms with Crippen molar-refractivity contribution in [2.24, 2.45) is 5.92 Å². The maximum atomic E-state index is 12.2. The first kappa shape index (κ1) is 16.1. The van der Waals surface area contributed by atoms with Gasteiger partial charge in [0, 0.05) is 6.54 Å². The van der Waals surface area contributed by atoms with Gasteiger partial charge in [0.1, 0.15) is 5.75 Å². The molecule has 0 radical (unpaired) electrons. The van der Waals surface area contributed by atoms with Crippen molar-refractivity contribution in [3.8, 4) is 5.75 Å². The standard InChI is InChI=1S/C16H23ClN2O2/c1-2-14(21-15-6-4-3-5-13(15)17)16(20)19-10-8-12-7-9-18-11-12/h3-6,12,14,18H,2,7-11H2,1H3,(H,19,20). The zero-order valence-electron chi connectivity index (χ0n) is 12.4. The van der Waals surface area contributed by atoms with Crippen LogP contribution in [-0.2, 0) is 4.79 Å². The summed E-state index contributed by atoms with van der Waals surface area (Å²) in [5, 5.41) is 6.83. The molecular weight excluding hydrogens is 288 g/mol. The van der Waals surface area contributed by atoms with Crippen LogP contribution in [0.1, 0.15) is 26.2 Å². The lowest BCUT2D eigenvalue weighted by molar-refractivity contribution is -0.128. The van der Waals surface area contributed by atoms with Crippen LogP contribution >= 0.6 is 11.6 Å². The van der Waals surface area contributed by atoms with Crippen molar-refractivity contribution in [1.29, 1.82) is 0 Å². The number of hydrogen-bond acceptors (Lipinski definition) is 3. The maximum absolute atomic E-state index is 12.2. The zero-order chi connectivity index (χ0) is 15.1. The van der Waals surface area contributed by atoms with Gasteiger partial charge in [-0.1, -0.05) is 30.7 Å².